The van der Waals surface area contributed by atoms with E-state index in [1.807, 2.05) is 0 Å². The molecule has 8 nitrogen and oxygen atoms in total. The van der Waals surface area contributed by atoms with Gasteiger partial charge >= 0.3 is 5.69 Å². The van der Waals surface area contributed by atoms with Gasteiger partial charge in [0.1, 0.15) is 12.2 Å². The molecule has 4 N–H and O–H groups in total. The predicted molar refractivity (Wildman–Crippen MR) is 55.8 cm³/mol. The van der Waals surface area contributed by atoms with Crippen molar-refractivity contribution in [3.8, 4) is 0 Å². The van der Waals surface area contributed by atoms with E-state index in [-0.39, 0.29) is 5.82 Å². The van der Waals surface area contributed by atoms with E-state index < -0.39 is 36.9 Å². The van der Waals surface area contributed by atoms with Gasteiger partial charge in [-0.3, -0.25) is 15.3 Å². The number of hydrogen-bond acceptors (Lipinski definition) is 7. The van der Waals surface area contributed by atoms with Gasteiger partial charge in [-0.15, -0.1) is 0 Å². The van der Waals surface area contributed by atoms with Crippen LogP contribution < -0.4 is 11.2 Å². The fourth-order valence-electron chi connectivity index (χ4n) is 1.75. The van der Waals surface area contributed by atoms with Crippen molar-refractivity contribution in [3.05, 3.63) is 22.7 Å². The summed E-state index contributed by atoms with van der Waals surface area (Å²) in [5, 5.41) is 26.9. The van der Waals surface area contributed by atoms with Crippen LogP contribution in [0.15, 0.2) is 17.1 Å². The minimum absolute atomic E-state index is 0.0936. The van der Waals surface area contributed by atoms with E-state index in [0.29, 0.717) is 0 Å². The second-order valence-corrected chi connectivity index (χ2v) is 3.80. The minimum Gasteiger partial charge on any atom is -0.394 e. The molecular formula is C9H12FN3O5. The normalized spacial score (nSPS) is 31.6. The first-order chi connectivity index (χ1) is 8.58. The van der Waals surface area contributed by atoms with Gasteiger partial charge in [0.05, 0.1) is 6.61 Å². The van der Waals surface area contributed by atoms with Crippen LogP contribution in [0.1, 0.15) is 6.23 Å². The summed E-state index contributed by atoms with van der Waals surface area (Å²) >= 11 is 0. The Labute approximate surface area is 100 Å². The number of alkyl halides is 1. The highest BCUT2D eigenvalue weighted by Crippen LogP contribution is 2.30. The molecule has 0 unspecified atom stereocenters. The highest BCUT2D eigenvalue weighted by atomic mass is 19.1. The lowest BCUT2D eigenvalue weighted by Crippen LogP contribution is -2.33. The van der Waals surface area contributed by atoms with Gasteiger partial charge in [-0.1, -0.05) is 0 Å². The topological polar surface area (TPSA) is 117 Å². The zero-order chi connectivity index (χ0) is 13.3. The number of aliphatic hydroxyl groups is 2. The Balaban J connectivity index is 2.30. The van der Waals surface area contributed by atoms with Crippen molar-refractivity contribution in [2.24, 2.45) is 0 Å². The van der Waals surface area contributed by atoms with E-state index >= 15 is 0 Å². The third-order valence-corrected chi connectivity index (χ3v) is 2.69. The van der Waals surface area contributed by atoms with Crippen LogP contribution in [0.3, 0.4) is 0 Å². The molecule has 0 amide bonds. The summed E-state index contributed by atoms with van der Waals surface area (Å²) in [5.74, 6) is -0.0936. The quantitative estimate of drug-likeness (QED) is 0.496. The van der Waals surface area contributed by atoms with Gasteiger partial charge in [0, 0.05) is 6.20 Å². The number of ether oxygens (including phenoxy) is 1. The second-order valence-electron chi connectivity index (χ2n) is 3.80. The molecule has 1 aliphatic heterocycles. The van der Waals surface area contributed by atoms with Gasteiger partial charge in [0.15, 0.2) is 18.2 Å². The van der Waals surface area contributed by atoms with Crippen LogP contribution in [-0.4, -0.2) is 50.0 Å². The van der Waals surface area contributed by atoms with E-state index in [2.05, 4.69) is 4.98 Å². The molecule has 1 aliphatic rings. The lowest BCUT2D eigenvalue weighted by molar-refractivity contribution is -0.0491. The third-order valence-electron chi connectivity index (χ3n) is 2.69. The highest BCUT2D eigenvalue weighted by Gasteiger charge is 2.45. The Kier molecular flexibility index (Phi) is 3.57. The number of anilines is 1. The van der Waals surface area contributed by atoms with E-state index in [0.717, 1.165) is 10.8 Å². The number of aromatic nitrogens is 2. The SMILES string of the molecule is O=c1nc(NO)ccn1[C@@H]1O[C@H](CO)[C@H](O)[C@@H]1F. The van der Waals surface area contributed by atoms with E-state index in [1.165, 1.54) is 6.07 Å². The molecule has 0 bridgehead atoms. The first-order valence-electron chi connectivity index (χ1n) is 5.16. The van der Waals surface area contributed by atoms with Crippen LogP contribution in [0.4, 0.5) is 10.2 Å². The van der Waals surface area contributed by atoms with E-state index in [9.17, 15) is 14.3 Å². The lowest BCUT2D eigenvalue weighted by Gasteiger charge is -2.15. The van der Waals surface area contributed by atoms with Crippen molar-refractivity contribution >= 4 is 5.82 Å². The molecule has 1 aromatic rings. The van der Waals surface area contributed by atoms with Crippen molar-refractivity contribution in [3.63, 3.8) is 0 Å². The Morgan fingerprint density at radius 3 is 2.83 bits per heavy atom. The van der Waals surface area contributed by atoms with Gasteiger partial charge < -0.3 is 14.9 Å². The maximum Gasteiger partial charge on any atom is 0.351 e. The number of aliphatic hydroxyl groups excluding tert-OH is 2. The number of nitrogens with one attached hydrogen (secondary N) is 1. The Morgan fingerprint density at radius 1 is 1.61 bits per heavy atom. The molecule has 9 heteroatoms. The Morgan fingerprint density at radius 2 is 2.33 bits per heavy atom. The molecule has 2 rings (SSSR count). The van der Waals surface area contributed by atoms with Gasteiger partial charge in [0.25, 0.3) is 0 Å². The standard InChI is InChI=1S/C9H12FN3O5/c10-6-7(15)4(3-14)18-8(6)13-2-1-5(12-17)11-9(13)16/h1-2,4,6-8,14-15,17H,3H2,(H,11,12,16)/t4-,6+,7+,8-/m1/s1. The average molecular weight is 261 g/mol. The van der Waals surface area contributed by atoms with Crippen LogP contribution in [0.25, 0.3) is 0 Å². The Hall–Kier alpha value is -1.55. The van der Waals surface area contributed by atoms with Crippen molar-refractivity contribution in [2.45, 2.75) is 24.6 Å². The van der Waals surface area contributed by atoms with Crippen LogP contribution in [0, 0.1) is 0 Å². The molecule has 100 valence electrons. The molecule has 1 saturated heterocycles. The largest absolute Gasteiger partial charge is 0.394 e. The fourth-order valence-corrected chi connectivity index (χ4v) is 1.75. The van der Waals surface area contributed by atoms with Crippen LogP contribution in [0.5, 0.6) is 0 Å². The molecule has 0 aromatic carbocycles. The average Bonchev–Trinajstić information content (AvgIpc) is 2.66. The molecule has 1 fully saturated rings. The summed E-state index contributed by atoms with van der Waals surface area (Å²) in [5.41, 5.74) is 0.823. The summed E-state index contributed by atoms with van der Waals surface area (Å²) < 4.78 is 19.6. The van der Waals surface area contributed by atoms with Gasteiger partial charge in [-0.2, -0.15) is 4.98 Å². The fraction of sp³-hybridized carbons (Fsp3) is 0.556. The molecule has 0 spiro atoms. The van der Waals surface area contributed by atoms with Crippen LogP contribution >= 0.6 is 0 Å². The summed E-state index contributed by atoms with van der Waals surface area (Å²) in [7, 11) is 0. The number of hydrogen-bond donors (Lipinski definition) is 4. The lowest BCUT2D eigenvalue weighted by atomic mass is 10.1. The third kappa shape index (κ3) is 2.08. The maximum atomic E-state index is 13.7. The molecule has 2 heterocycles. The Bertz CT molecular complexity index is 482. The van der Waals surface area contributed by atoms with Crippen molar-refractivity contribution in [2.75, 3.05) is 12.1 Å². The molecular weight excluding hydrogens is 249 g/mol. The maximum absolute atomic E-state index is 13.7. The number of nitrogens with zero attached hydrogens (tertiary/aromatic N) is 2. The molecule has 18 heavy (non-hydrogen) atoms. The highest BCUT2D eigenvalue weighted by molar-refractivity contribution is 5.28. The minimum atomic E-state index is -1.85. The first-order valence-corrected chi connectivity index (χ1v) is 5.16. The molecule has 0 saturated carbocycles. The van der Waals surface area contributed by atoms with Crippen molar-refractivity contribution in [1.29, 1.82) is 0 Å². The summed E-state index contributed by atoms with van der Waals surface area (Å²) in [6, 6.07) is 1.23. The van der Waals surface area contributed by atoms with E-state index in [4.69, 9.17) is 15.1 Å². The van der Waals surface area contributed by atoms with Gasteiger partial charge in [-0.05, 0) is 6.07 Å². The zero-order valence-corrected chi connectivity index (χ0v) is 9.10. The number of rotatable bonds is 3. The zero-order valence-electron chi connectivity index (χ0n) is 9.10. The van der Waals surface area contributed by atoms with Gasteiger partial charge in [-0.25, -0.2) is 9.18 Å². The smallest absolute Gasteiger partial charge is 0.351 e. The summed E-state index contributed by atoms with van der Waals surface area (Å²) in [6.07, 6.45) is -4.65. The van der Waals surface area contributed by atoms with Crippen LogP contribution in [0.2, 0.25) is 0 Å². The molecule has 4 atom stereocenters. The van der Waals surface area contributed by atoms with Gasteiger partial charge in [0.2, 0.25) is 0 Å². The van der Waals surface area contributed by atoms with Crippen LogP contribution in [-0.2, 0) is 4.74 Å². The summed E-state index contributed by atoms with van der Waals surface area (Å²) in [4.78, 5) is 14.9. The molecule has 1 aromatic heterocycles. The molecule has 0 radical (unpaired) electrons. The predicted octanol–water partition coefficient (Wildman–Crippen LogP) is -1.37. The summed E-state index contributed by atoms with van der Waals surface area (Å²) in [6.45, 7) is -0.559. The second kappa shape index (κ2) is 4.98. The van der Waals surface area contributed by atoms with Crippen molar-refractivity contribution < 1.29 is 24.5 Å². The number of halogens is 1. The van der Waals surface area contributed by atoms with Crippen molar-refractivity contribution in [1.82, 2.24) is 9.55 Å². The van der Waals surface area contributed by atoms with E-state index in [1.54, 1.807) is 5.48 Å². The monoisotopic (exact) mass is 261 g/mol. The first kappa shape index (κ1) is 12.9. The molecule has 0 aliphatic carbocycles.